The minimum atomic E-state index is -4.17. The van der Waals surface area contributed by atoms with Gasteiger partial charge in [-0.15, -0.1) is 0 Å². The van der Waals surface area contributed by atoms with Gasteiger partial charge in [0.25, 0.3) is 0 Å². The van der Waals surface area contributed by atoms with E-state index in [9.17, 15) is 13.2 Å². The molecular formula is C15H22F3N3O. The van der Waals surface area contributed by atoms with Crippen LogP contribution in [0.2, 0.25) is 0 Å². The molecule has 1 aromatic rings. The first-order valence-corrected chi connectivity index (χ1v) is 7.11. The third-order valence-electron chi connectivity index (χ3n) is 2.87. The lowest BCUT2D eigenvalue weighted by molar-refractivity contribution is -0.132. The molecule has 2 N–H and O–H groups in total. The van der Waals surface area contributed by atoms with E-state index in [1.54, 1.807) is 7.11 Å². The Kier molecular flexibility index (Phi) is 7.73. The summed E-state index contributed by atoms with van der Waals surface area (Å²) in [5, 5.41) is 5.62. The highest BCUT2D eigenvalue weighted by atomic mass is 19.4. The number of rotatable bonds is 7. The molecule has 0 aliphatic carbocycles. The largest absolute Gasteiger partial charge is 0.390 e. The topological polar surface area (TPSA) is 45.7 Å². The lowest BCUT2D eigenvalue weighted by Crippen LogP contribution is -2.38. The molecule has 1 aromatic carbocycles. The number of methoxy groups -OCH3 is 1. The normalized spacial score (nSPS) is 12.3. The number of aliphatic imine (C=N–C) groups is 1. The van der Waals surface area contributed by atoms with Crippen molar-refractivity contribution in [1.29, 1.82) is 0 Å². The fraction of sp³-hybridized carbons (Fsp3) is 0.533. The van der Waals surface area contributed by atoms with Crippen molar-refractivity contribution in [1.82, 2.24) is 10.6 Å². The van der Waals surface area contributed by atoms with Crippen LogP contribution in [0.15, 0.2) is 29.3 Å². The van der Waals surface area contributed by atoms with Crippen LogP contribution >= 0.6 is 0 Å². The second-order valence-corrected chi connectivity index (χ2v) is 4.69. The van der Waals surface area contributed by atoms with Crippen LogP contribution in [0.5, 0.6) is 0 Å². The summed E-state index contributed by atoms with van der Waals surface area (Å²) in [5.41, 5.74) is 2.00. The highest BCUT2D eigenvalue weighted by Crippen LogP contribution is 2.18. The summed E-state index contributed by atoms with van der Waals surface area (Å²) in [5.74, 6) is 0.374. The number of ether oxygens (including phenoxy) is 1. The molecule has 1 rings (SSSR count). The van der Waals surface area contributed by atoms with Crippen molar-refractivity contribution in [3.63, 3.8) is 0 Å². The number of benzene rings is 1. The number of guanidine groups is 1. The molecule has 0 saturated carbocycles. The van der Waals surface area contributed by atoms with Gasteiger partial charge >= 0.3 is 6.18 Å². The highest BCUT2D eigenvalue weighted by Gasteiger charge is 2.26. The number of nitrogens with one attached hydrogen (secondary N) is 2. The van der Waals surface area contributed by atoms with Crippen LogP contribution < -0.4 is 10.6 Å². The zero-order valence-corrected chi connectivity index (χ0v) is 12.8. The second kappa shape index (κ2) is 9.30. The molecule has 0 amide bonds. The Balaban J connectivity index is 2.65. The van der Waals surface area contributed by atoms with Gasteiger partial charge in [0.1, 0.15) is 0 Å². The average molecular weight is 317 g/mol. The summed E-state index contributed by atoms with van der Waals surface area (Å²) in [6.45, 7) is 3.09. The Bertz CT molecular complexity index is 475. The predicted molar refractivity (Wildman–Crippen MR) is 80.6 cm³/mol. The maximum absolute atomic E-state index is 12.2. The van der Waals surface area contributed by atoms with Gasteiger partial charge in [-0.2, -0.15) is 13.2 Å². The van der Waals surface area contributed by atoms with Crippen LogP contribution in [0.4, 0.5) is 13.2 Å². The molecule has 124 valence electrons. The van der Waals surface area contributed by atoms with Crippen LogP contribution in [0.25, 0.3) is 0 Å². The minimum Gasteiger partial charge on any atom is -0.380 e. The van der Waals surface area contributed by atoms with Crippen molar-refractivity contribution in [3.8, 4) is 0 Å². The summed E-state index contributed by atoms with van der Waals surface area (Å²) in [6, 6.07) is 7.68. The van der Waals surface area contributed by atoms with Gasteiger partial charge in [0.2, 0.25) is 0 Å². The van der Waals surface area contributed by atoms with Crippen LogP contribution in [-0.4, -0.2) is 32.3 Å². The molecule has 0 aliphatic heterocycles. The third kappa shape index (κ3) is 7.31. The number of alkyl halides is 3. The smallest absolute Gasteiger partial charge is 0.380 e. The molecule has 0 aliphatic rings. The first-order valence-electron chi connectivity index (χ1n) is 7.11. The van der Waals surface area contributed by atoms with Crippen molar-refractivity contribution in [2.24, 2.45) is 4.99 Å². The van der Waals surface area contributed by atoms with Crippen molar-refractivity contribution in [2.75, 3.05) is 20.2 Å². The van der Waals surface area contributed by atoms with Crippen molar-refractivity contribution >= 4 is 5.96 Å². The molecule has 0 aromatic heterocycles. The zero-order valence-electron chi connectivity index (χ0n) is 12.8. The summed E-state index contributed by atoms with van der Waals surface area (Å²) in [6.07, 6.45) is -5.06. The molecule has 0 saturated heterocycles. The van der Waals surface area contributed by atoms with Crippen LogP contribution in [0, 0.1) is 0 Å². The van der Waals surface area contributed by atoms with E-state index >= 15 is 0 Å². The Morgan fingerprint density at radius 1 is 1.18 bits per heavy atom. The lowest BCUT2D eigenvalue weighted by Gasteiger charge is -2.13. The van der Waals surface area contributed by atoms with Crippen molar-refractivity contribution in [3.05, 3.63) is 35.4 Å². The zero-order chi connectivity index (χ0) is 16.4. The van der Waals surface area contributed by atoms with Gasteiger partial charge in [0.15, 0.2) is 5.96 Å². The van der Waals surface area contributed by atoms with Crippen molar-refractivity contribution in [2.45, 2.75) is 32.7 Å². The molecule has 0 heterocycles. The average Bonchev–Trinajstić information content (AvgIpc) is 2.45. The first kappa shape index (κ1) is 18.3. The van der Waals surface area contributed by atoms with E-state index < -0.39 is 12.6 Å². The van der Waals surface area contributed by atoms with E-state index in [1.165, 1.54) is 0 Å². The van der Waals surface area contributed by atoms with Gasteiger partial charge in [-0.05, 0) is 18.1 Å². The van der Waals surface area contributed by atoms with Crippen molar-refractivity contribution < 1.29 is 17.9 Å². The SMILES string of the molecule is CCNC(=NCc1ccccc1COC)NCCC(F)(F)F. The molecule has 22 heavy (non-hydrogen) atoms. The minimum absolute atomic E-state index is 0.199. The van der Waals surface area contributed by atoms with Gasteiger partial charge in [0.05, 0.1) is 19.6 Å². The van der Waals surface area contributed by atoms with Crippen LogP contribution in [-0.2, 0) is 17.9 Å². The first-order chi connectivity index (χ1) is 10.5. The molecule has 0 fully saturated rings. The Hall–Kier alpha value is -1.76. The number of hydrogen-bond donors (Lipinski definition) is 2. The Morgan fingerprint density at radius 2 is 1.86 bits per heavy atom. The fourth-order valence-corrected chi connectivity index (χ4v) is 1.84. The van der Waals surface area contributed by atoms with Crippen LogP contribution in [0.1, 0.15) is 24.5 Å². The summed E-state index contributed by atoms with van der Waals surface area (Å²) in [4.78, 5) is 4.32. The van der Waals surface area contributed by atoms with Gasteiger partial charge < -0.3 is 15.4 Å². The van der Waals surface area contributed by atoms with E-state index in [4.69, 9.17) is 4.74 Å². The van der Waals surface area contributed by atoms with E-state index in [0.29, 0.717) is 25.7 Å². The molecule has 4 nitrogen and oxygen atoms in total. The Labute approximate surface area is 128 Å². The number of halogens is 3. The van der Waals surface area contributed by atoms with E-state index in [1.807, 2.05) is 31.2 Å². The lowest BCUT2D eigenvalue weighted by atomic mass is 10.1. The molecule has 0 unspecified atom stereocenters. The summed E-state index contributed by atoms with van der Waals surface area (Å²) in [7, 11) is 1.61. The molecule has 0 radical (unpaired) electrons. The van der Waals surface area contributed by atoms with Gasteiger partial charge in [-0.3, -0.25) is 0 Å². The predicted octanol–water partition coefficient (Wildman–Crippen LogP) is 2.84. The van der Waals surface area contributed by atoms with E-state index in [0.717, 1.165) is 11.1 Å². The highest BCUT2D eigenvalue weighted by molar-refractivity contribution is 5.79. The summed E-state index contributed by atoms with van der Waals surface area (Å²) >= 11 is 0. The van der Waals surface area contributed by atoms with Gasteiger partial charge in [-0.25, -0.2) is 4.99 Å². The molecular weight excluding hydrogens is 295 g/mol. The molecule has 0 atom stereocenters. The molecule has 0 bridgehead atoms. The summed E-state index contributed by atoms with van der Waals surface area (Å²) < 4.78 is 41.6. The third-order valence-corrected chi connectivity index (χ3v) is 2.87. The molecule has 7 heteroatoms. The fourth-order valence-electron chi connectivity index (χ4n) is 1.84. The maximum atomic E-state index is 12.2. The van der Waals surface area contributed by atoms with E-state index in [2.05, 4.69) is 15.6 Å². The maximum Gasteiger partial charge on any atom is 0.390 e. The number of hydrogen-bond acceptors (Lipinski definition) is 2. The van der Waals surface area contributed by atoms with Crippen LogP contribution in [0.3, 0.4) is 0 Å². The standard InChI is InChI=1S/C15H22F3N3O/c1-3-19-14(20-9-8-15(16,17)18)21-10-12-6-4-5-7-13(12)11-22-2/h4-7H,3,8-11H2,1-2H3,(H2,19,20,21). The monoisotopic (exact) mass is 317 g/mol. The molecule has 0 spiro atoms. The Morgan fingerprint density at radius 3 is 2.45 bits per heavy atom. The second-order valence-electron chi connectivity index (χ2n) is 4.69. The number of nitrogens with zero attached hydrogens (tertiary/aromatic N) is 1. The quantitative estimate of drug-likeness (QED) is 0.600. The van der Waals surface area contributed by atoms with Gasteiger partial charge in [0, 0.05) is 20.2 Å². The van der Waals surface area contributed by atoms with Gasteiger partial charge in [-0.1, -0.05) is 24.3 Å². The van der Waals surface area contributed by atoms with E-state index in [-0.39, 0.29) is 6.54 Å².